The first kappa shape index (κ1) is 31.7. The third-order valence-corrected chi connectivity index (χ3v) is 1.02. The van der Waals surface area contributed by atoms with Crippen LogP contribution in [0.2, 0.25) is 0 Å². The van der Waals surface area contributed by atoms with Gasteiger partial charge >= 0.3 is 35.6 Å². The van der Waals surface area contributed by atoms with Gasteiger partial charge in [0.15, 0.2) is 0 Å². The second-order valence-electron chi connectivity index (χ2n) is 2.99. The molecule has 0 aliphatic carbocycles. The summed E-state index contributed by atoms with van der Waals surface area (Å²) in [6, 6.07) is 0. The second kappa shape index (κ2) is 18.4. The molecule has 0 aromatic heterocycles. The summed E-state index contributed by atoms with van der Waals surface area (Å²) < 4.78 is 0. The first-order valence-corrected chi connectivity index (χ1v) is 4.60. The van der Waals surface area contributed by atoms with Crippen LogP contribution in [0.15, 0.2) is 0 Å². The van der Waals surface area contributed by atoms with Crippen LogP contribution in [0.5, 0.6) is 0 Å². The number of aliphatic carboxylic acids is 3. The van der Waals surface area contributed by atoms with Crippen LogP contribution in [0.1, 0.15) is 20.8 Å². The third-order valence-electron chi connectivity index (χ3n) is 1.02. The van der Waals surface area contributed by atoms with Gasteiger partial charge in [0.25, 0.3) is 0 Å². The van der Waals surface area contributed by atoms with Crippen molar-refractivity contribution in [3.63, 3.8) is 0 Å². The topological polar surface area (TPSA) is 181 Å². The van der Waals surface area contributed by atoms with Crippen LogP contribution in [-0.4, -0.2) is 51.5 Å². The maximum absolute atomic E-state index is 9.34. The van der Waals surface area contributed by atoms with Crippen molar-refractivity contribution in [2.45, 2.75) is 39.1 Å². The van der Waals surface area contributed by atoms with Gasteiger partial charge in [0.05, 0.1) is 36.2 Å². The smallest absolute Gasteiger partial charge is 0.547 e. The molecule has 9 nitrogen and oxygen atoms in total. The summed E-state index contributed by atoms with van der Waals surface area (Å²) in [4.78, 5) is 28.0. The Labute approximate surface area is 138 Å². The SMILES string of the molecule is CC(O)C(=O)[O-].CC(O)C(=O)[O-].CC(O)C(=O)[O-].[Co+2].[Li+]. The minimum absolute atomic E-state index is 0. The van der Waals surface area contributed by atoms with E-state index in [9.17, 15) is 29.7 Å². The fourth-order valence-corrected chi connectivity index (χ4v) is 0. The fraction of sp³-hybridized carbons (Fsp3) is 0.667. The van der Waals surface area contributed by atoms with Crippen LogP contribution in [0.25, 0.3) is 0 Å². The molecule has 0 rings (SSSR count). The first-order valence-electron chi connectivity index (χ1n) is 4.60. The van der Waals surface area contributed by atoms with Crippen molar-refractivity contribution in [3.05, 3.63) is 0 Å². The van der Waals surface area contributed by atoms with Gasteiger partial charge in [-0.05, 0) is 20.8 Å². The summed E-state index contributed by atoms with van der Waals surface area (Å²) in [5.74, 6) is -4.31. The van der Waals surface area contributed by atoms with Crippen molar-refractivity contribution in [2.24, 2.45) is 0 Å². The van der Waals surface area contributed by atoms with Crippen LogP contribution >= 0.6 is 0 Å². The molecule has 3 atom stereocenters. The van der Waals surface area contributed by atoms with E-state index in [1.807, 2.05) is 0 Å². The molecule has 0 heterocycles. The molecule has 115 valence electrons. The number of rotatable bonds is 3. The van der Waals surface area contributed by atoms with Gasteiger partial charge in [0.2, 0.25) is 0 Å². The van der Waals surface area contributed by atoms with E-state index >= 15 is 0 Å². The molecule has 0 aromatic rings. The van der Waals surface area contributed by atoms with Gasteiger partial charge < -0.3 is 45.0 Å². The summed E-state index contributed by atoms with van der Waals surface area (Å²) in [6.45, 7) is 3.40. The summed E-state index contributed by atoms with van der Waals surface area (Å²) in [6.07, 6.45) is -4.03. The average molecular weight is 333 g/mol. The Kier molecular flexibility index (Phi) is 29.1. The molecule has 0 saturated heterocycles. The largest absolute Gasteiger partial charge is 2.00 e. The van der Waals surface area contributed by atoms with E-state index in [1.54, 1.807) is 0 Å². The van der Waals surface area contributed by atoms with Crippen molar-refractivity contribution in [3.8, 4) is 0 Å². The van der Waals surface area contributed by atoms with E-state index in [0.29, 0.717) is 0 Å². The molecule has 3 unspecified atom stereocenters. The predicted molar refractivity (Wildman–Crippen MR) is 50.1 cm³/mol. The maximum atomic E-state index is 9.34. The Hall–Kier alpha value is -0.606. The third kappa shape index (κ3) is 36.0. The van der Waals surface area contributed by atoms with Gasteiger partial charge in [-0.15, -0.1) is 0 Å². The van der Waals surface area contributed by atoms with Crippen LogP contribution < -0.4 is 34.2 Å². The zero-order valence-electron chi connectivity index (χ0n) is 11.4. The van der Waals surface area contributed by atoms with Gasteiger partial charge in [-0.3, -0.25) is 0 Å². The van der Waals surface area contributed by atoms with E-state index in [-0.39, 0.29) is 35.6 Å². The summed E-state index contributed by atoms with van der Waals surface area (Å²) >= 11 is 0. The number of hydrogen-bond acceptors (Lipinski definition) is 9. The Morgan fingerprint density at radius 3 is 0.750 bits per heavy atom. The van der Waals surface area contributed by atoms with Crippen molar-refractivity contribution in [1.82, 2.24) is 0 Å². The zero-order valence-corrected chi connectivity index (χ0v) is 12.4. The zero-order chi connectivity index (χ0) is 15.5. The average Bonchev–Trinajstić information content (AvgIpc) is 2.18. The summed E-state index contributed by atoms with van der Waals surface area (Å²) in [7, 11) is 0. The van der Waals surface area contributed by atoms with E-state index in [0.717, 1.165) is 20.8 Å². The molecule has 0 aliphatic heterocycles. The first-order chi connectivity index (χ1) is 7.93. The molecule has 0 saturated carbocycles. The Morgan fingerprint density at radius 2 is 0.750 bits per heavy atom. The molecule has 0 fully saturated rings. The molecule has 0 aliphatic rings. The molecular formula is C9H15CoLiO9. The summed E-state index contributed by atoms with van der Waals surface area (Å²) in [5.41, 5.74) is 0. The van der Waals surface area contributed by atoms with Crippen molar-refractivity contribution >= 4 is 17.9 Å². The number of aliphatic hydroxyl groups is 3. The molecule has 0 bridgehead atoms. The monoisotopic (exact) mass is 333 g/mol. The number of aliphatic hydroxyl groups excluding tert-OH is 3. The second-order valence-corrected chi connectivity index (χ2v) is 2.99. The van der Waals surface area contributed by atoms with Crippen LogP contribution in [-0.2, 0) is 31.2 Å². The Balaban J connectivity index is -0.0000000536. The standard InChI is InChI=1S/3C3H6O3.Co.Li/c3*1-2(4)3(5)6;;/h3*2,4H,1H3,(H,5,6);;/q;;;+2;+1/p-3. The number of carboxylic acids is 3. The maximum Gasteiger partial charge on any atom is 2.00 e. The van der Waals surface area contributed by atoms with E-state index in [1.165, 1.54) is 0 Å². The summed E-state index contributed by atoms with van der Waals surface area (Å²) in [5, 5.41) is 51.9. The van der Waals surface area contributed by atoms with Crippen molar-refractivity contribution in [2.75, 3.05) is 0 Å². The van der Waals surface area contributed by atoms with Gasteiger partial charge in [0, 0.05) is 0 Å². The Morgan fingerprint density at radius 1 is 0.700 bits per heavy atom. The van der Waals surface area contributed by atoms with Gasteiger partial charge in [-0.1, -0.05) is 0 Å². The molecule has 3 N–H and O–H groups in total. The van der Waals surface area contributed by atoms with E-state index < -0.39 is 36.2 Å². The van der Waals surface area contributed by atoms with Crippen LogP contribution in [0.3, 0.4) is 0 Å². The van der Waals surface area contributed by atoms with Crippen LogP contribution in [0, 0.1) is 0 Å². The van der Waals surface area contributed by atoms with Gasteiger partial charge in [-0.25, -0.2) is 0 Å². The normalized spacial score (nSPS) is 12.3. The quantitative estimate of drug-likeness (QED) is 0.422. The van der Waals surface area contributed by atoms with Crippen LogP contribution in [0.4, 0.5) is 0 Å². The number of hydrogen-bond donors (Lipinski definition) is 3. The number of carbonyl (C=O) groups excluding carboxylic acids is 3. The minimum Gasteiger partial charge on any atom is -0.547 e. The molecule has 11 heteroatoms. The molecular weight excluding hydrogens is 318 g/mol. The molecule has 0 amide bonds. The number of carbonyl (C=O) groups is 3. The molecule has 0 aromatic carbocycles. The fourth-order valence-electron chi connectivity index (χ4n) is 0. The van der Waals surface area contributed by atoms with Crippen molar-refractivity contribution < 1.29 is 80.7 Å². The van der Waals surface area contributed by atoms with E-state index in [2.05, 4.69) is 0 Å². The van der Waals surface area contributed by atoms with Gasteiger partial charge in [-0.2, -0.15) is 0 Å². The molecule has 0 spiro atoms. The predicted octanol–water partition coefficient (Wildman–Crippen LogP) is -8.65. The molecule has 1 radical (unpaired) electrons. The number of carboxylic acid groups (broad SMARTS) is 3. The van der Waals surface area contributed by atoms with E-state index in [4.69, 9.17) is 15.3 Å². The molecule has 20 heavy (non-hydrogen) atoms. The van der Waals surface area contributed by atoms with Gasteiger partial charge in [0.1, 0.15) is 0 Å². The Bertz CT molecular complexity index is 225. The minimum atomic E-state index is -1.44. The van der Waals surface area contributed by atoms with Crippen molar-refractivity contribution in [1.29, 1.82) is 0 Å².